The van der Waals surface area contributed by atoms with Crippen LogP contribution in [0.5, 0.6) is 0 Å². The van der Waals surface area contributed by atoms with Crippen molar-refractivity contribution in [2.45, 2.75) is 39.9 Å². The number of aryl methyl sites for hydroxylation is 2. The molecule has 4 rings (SSSR count). The lowest BCUT2D eigenvalue weighted by atomic mass is 10.1. The zero-order valence-corrected chi connectivity index (χ0v) is 19.5. The molecule has 0 unspecified atom stereocenters. The van der Waals surface area contributed by atoms with E-state index in [2.05, 4.69) is 10.6 Å². The molecule has 2 amide bonds. The third-order valence-corrected chi connectivity index (χ3v) is 5.78. The van der Waals surface area contributed by atoms with Gasteiger partial charge in [-0.2, -0.15) is 0 Å². The predicted molar refractivity (Wildman–Crippen MR) is 132 cm³/mol. The van der Waals surface area contributed by atoms with Crippen molar-refractivity contribution in [2.24, 2.45) is 0 Å². The first-order valence-corrected chi connectivity index (χ1v) is 11.2. The van der Waals surface area contributed by atoms with Crippen LogP contribution < -0.4 is 21.9 Å². The van der Waals surface area contributed by atoms with Gasteiger partial charge in [0.15, 0.2) is 0 Å². The molecule has 9 heteroatoms. The van der Waals surface area contributed by atoms with Gasteiger partial charge in [-0.15, -0.1) is 0 Å². The molecule has 180 valence electrons. The monoisotopic (exact) mass is 474 g/mol. The van der Waals surface area contributed by atoms with Crippen LogP contribution in [0.3, 0.4) is 0 Å². The van der Waals surface area contributed by atoms with E-state index in [1.807, 2.05) is 32.0 Å². The number of carbonyl (C=O) groups excluding carboxylic acids is 2. The molecular formula is C26H26N4O5. The first-order valence-electron chi connectivity index (χ1n) is 11.2. The van der Waals surface area contributed by atoms with Crippen molar-refractivity contribution in [3.05, 3.63) is 98.6 Å². The number of rotatable bonds is 8. The number of nitrogens with zero attached hydrogens (tertiary/aromatic N) is 2. The van der Waals surface area contributed by atoms with Crippen molar-refractivity contribution in [1.29, 1.82) is 0 Å². The molecule has 35 heavy (non-hydrogen) atoms. The third-order valence-electron chi connectivity index (χ3n) is 5.78. The Morgan fingerprint density at radius 3 is 2.34 bits per heavy atom. The van der Waals surface area contributed by atoms with E-state index in [1.165, 1.54) is 10.8 Å². The summed E-state index contributed by atoms with van der Waals surface area (Å²) in [6, 6.07) is 15.8. The number of aromatic nitrogens is 2. The smallest absolute Gasteiger partial charge is 0.331 e. The van der Waals surface area contributed by atoms with Crippen LogP contribution in [0.1, 0.15) is 23.3 Å². The largest absolute Gasteiger partial charge is 0.467 e. The molecule has 0 aliphatic rings. The summed E-state index contributed by atoms with van der Waals surface area (Å²) in [7, 11) is 0. The summed E-state index contributed by atoms with van der Waals surface area (Å²) in [5.41, 5.74) is 1.70. The molecule has 2 N–H and O–H groups in total. The molecule has 2 aromatic heterocycles. The summed E-state index contributed by atoms with van der Waals surface area (Å²) >= 11 is 0. The Bertz CT molecular complexity index is 1480. The Balaban J connectivity index is 1.58. The van der Waals surface area contributed by atoms with Gasteiger partial charge in [-0.1, -0.05) is 30.3 Å². The summed E-state index contributed by atoms with van der Waals surface area (Å²) in [6.07, 6.45) is 1.43. The number of amides is 2. The maximum Gasteiger partial charge on any atom is 0.331 e. The van der Waals surface area contributed by atoms with Crippen LogP contribution in [-0.2, 0) is 29.2 Å². The van der Waals surface area contributed by atoms with E-state index in [0.717, 1.165) is 15.7 Å². The van der Waals surface area contributed by atoms with Gasteiger partial charge in [0.05, 0.1) is 23.7 Å². The Morgan fingerprint density at radius 1 is 0.886 bits per heavy atom. The van der Waals surface area contributed by atoms with Gasteiger partial charge in [-0.25, -0.2) is 4.79 Å². The molecule has 9 nitrogen and oxygen atoms in total. The lowest BCUT2D eigenvalue weighted by Crippen LogP contribution is -2.42. The molecule has 0 aliphatic carbocycles. The number of carbonyl (C=O) groups is 2. The topological polar surface area (TPSA) is 115 Å². The van der Waals surface area contributed by atoms with Crippen molar-refractivity contribution in [3.63, 3.8) is 0 Å². The number of nitrogens with one attached hydrogen (secondary N) is 2. The molecule has 0 atom stereocenters. The van der Waals surface area contributed by atoms with Gasteiger partial charge in [0, 0.05) is 18.7 Å². The second kappa shape index (κ2) is 10.3. The lowest BCUT2D eigenvalue weighted by molar-refractivity contribution is -0.121. The van der Waals surface area contributed by atoms with Crippen molar-refractivity contribution in [2.75, 3.05) is 5.32 Å². The molecule has 0 saturated heterocycles. The molecule has 0 spiro atoms. The minimum atomic E-state index is -0.649. The standard InChI is InChI=1S/C26H26N4O5/c1-17-7-5-8-18(2)24(17)28-23(32)16-30-21-11-4-3-10-20(21)25(33)29(26(30)34)13-12-22(31)27-15-19-9-6-14-35-19/h3-11,14H,12-13,15-16H2,1-2H3,(H,27,31)(H,28,32). The minimum absolute atomic E-state index is 0.0806. The van der Waals surface area contributed by atoms with Crippen molar-refractivity contribution in [1.82, 2.24) is 14.5 Å². The van der Waals surface area contributed by atoms with Gasteiger partial charge in [0.25, 0.3) is 5.56 Å². The van der Waals surface area contributed by atoms with Crippen LogP contribution >= 0.6 is 0 Å². The second-order valence-corrected chi connectivity index (χ2v) is 8.26. The van der Waals surface area contributed by atoms with Crippen LogP contribution in [0.25, 0.3) is 10.9 Å². The lowest BCUT2D eigenvalue weighted by Gasteiger charge is -2.15. The van der Waals surface area contributed by atoms with E-state index in [-0.39, 0.29) is 32.0 Å². The fraction of sp³-hybridized carbons (Fsp3) is 0.231. The van der Waals surface area contributed by atoms with Crippen molar-refractivity contribution >= 4 is 28.4 Å². The molecule has 4 aromatic rings. The van der Waals surface area contributed by atoms with Crippen LogP contribution in [0.4, 0.5) is 5.69 Å². The van der Waals surface area contributed by atoms with Crippen molar-refractivity contribution < 1.29 is 14.0 Å². The van der Waals surface area contributed by atoms with E-state index in [9.17, 15) is 19.2 Å². The Labute approximate surface area is 201 Å². The fourth-order valence-electron chi connectivity index (χ4n) is 3.96. The molecule has 0 fully saturated rings. The van der Waals surface area contributed by atoms with E-state index in [4.69, 9.17) is 4.42 Å². The number of furan rings is 1. The number of fused-ring (bicyclic) bond motifs is 1. The van der Waals surface area contributed by atoms with Gasteiger partial charge < -0.3 is 15.1 Å². The minimum Gasteiger partial charge on any atom is -0.467 e. The Morgan fingerprint density at radius 2 is 1.63 bits per heavy atom. The number of hydrogen-bond donors (Lipinski definition) is 2. The highest BCUT2D eigenvalue weighted by atomic mass is 16.3. The average molecular weight is 475 g/mol. The predicted octanol–water partition coefficient (Wildman–Crippen LogP) is 2.72. The number of anilines is 1. The molecule has 0 aliphatic heterocycles. The maximum absolute atomic E-state index is 13.3. The van der Waals surface area contributed by atoms with Gasteiger partial charge >= 0.3 is 5.69 Å². The highest BCUT2D eigenvalue weighted by Gasteiger charge is 2.17. The normalized spacial score (nSPS) is 10.9. The number of benzene rings is 2. The van der Waals surface area contributed by atoms with Crippen LogP contribution in [0.15, 0.2) is 74.9 Å². The van der Waals surface area contributed by atoms with Crippen LogP contribution in [-0.4, -0.2) is 20.9 Å². The molecule has 0 saturated carbocycles. The highest BCUT2D eigenvalue weighted by molar-refractivity contribution is 5.93. The first-order chi connectivity index (χ1) is 16.8. The van der Waals surface area contributed by atoms with E-state index >= 15 is 0 Å². The molecule has 0 bridgehead atoms. The van der Waals surface area contributed by atoms with E-state index < -0.39 is 17.2 Å². The molecular weight excluding hydrogens is 448 g/mol. The highest BCUT2D eigenvalue weighted by Crippen LogP contribution is 2.19. The average Bonchev–Trinajstić information content (AvgIpc) is 3.36. The summed E-state index contributed by atoms with van der Waals surface area (Å²) in [4.78, 5) is 51.5. The van der Waals surface area contributed by atoms with Crippen LogP contribution in [0, 0.1) is 13.8 Å². The van der Waals surface area contributed by atoms with Crippen LogP contribution in [0.2, 0.25) is 0 Å². The van der Waals surface area contributed by atoms with Gasteiger partial charge in [-0.3, -0.25) is 23.5 Å². The number of para-hydroxylation sites is 2. The van der Waals surface area contributed by atoms with Crippen molar-refractivity contribution in [3.8, 4) is 0 Å². The fourth-order valence-corrected chi connectivity index (χ4v) is 3.96. The van der Waals surface area contributed by atoms with Gasteiger partial charge in [-0.05, 0) is 49.2 Å². The Hall–Kier alpha value is -4.40. The quantitative estimate of drug-likeness (QED) is 0.407. The molecule has 0 radical (unpaired) electrons. The van der Waals surface area contributed by atoms with Gasteiger partial charge in [0.1, 0.15) is 12.3 Å². The SMILES string of the molecule is Cc1cccc(C)c1NC(=O)Cn1c(=O)n(CCC(=O)NCc2ccco2)c(=O)c2ccccc21. The van der Waals surface area contributed by atoms with Gasteiger partial charge in [0.2, 0.25) is 11.8 Å². The Kier molecular flexibility index (Phi) is 6.96. The summed E-state index contributed by atoms with van der Waals surface area (Å²) in [5, 5.41) is 5.86. The van der Waals surface area contributed by atoms with E-state index in [1.54, 1.807) is 36.4 Å². The van der Waals surface area contributed by atoms with E-state index in [0.29, 0.717) is 22.4 Å². The summed E-state index contributed by atoms with van der Waals surface area (Å²) in [6.45, 7) is 3.59. The first kappa shape index (κ1) is 23.7. The maximum atomic E-state index is 13.3. The summed E-state index contributed by atoms with van der Waals surface area (Å²) in [5.74, 6) is -0.130. The molecule has 2 heterocycles. The summed E-state index contributed by atoms with van der Waals surface area (Å²) < 4.78 is 7.45. The number of hydrogen-bond acceptors (Lipinski definition) is 5. The third kappa shape index (κ3) is 5.24. The zero-order chi connectivity index (χ0) is 24.9. The zero-order valence-electron chi connectivity index (χ0n) is 19.5. The second-order valence-electron chi connectivity index (χ2n) is 8.26. The molecule has 2 aromatic carbocycles.